The van der Waals surface area contributed by atoms with Crippen LogP contribution in [0.15, 0.2) is 9.98 Å². The summed E-state index contributed by atoms with van der Waals surface area (Å²) in [5.41, 5.74) is 32.8. The molecule has 0 bridgehead atoms. The first-order chi connectivity index (χ1) is 21.3. The van der Waals surface area contributed by atoms with E-state index >= 15 is 0 Å². The van der Waals surface area contributed by atoms with Gasteiger partial charge < -0.3 is 60.4 Å². The van der Waals surface area contributed by atoms with Crippen molar-refractivity contribution in [2.24, 2.45) is 44.4 Å². The second-order valence-electron chi connectivity index (χ2n) is 10.7. The Hall–Kier alpha value is -3.84. The predicted molar refractivity (Wildman–Crippen MR) is 173 cm³/mol. The van der Waals surface area contributed by atoms with E-state index in [1.165, 1.54) is 4.90 Å². The molecule has 1 fully saturated rings. The number of amides is 4. The minimum absolute atomic E-state index is 0.0779. The Morgan fingerprint density at radius 1 is 0.822 bits per heavy atom. The Balaban J connectivity index is 3.01. The zero-order valence-corrected chi connectivity index (χ0v) is 26.4. The zero-order chi connectivity index (χ0) is 33.9. The largest absolute Gasteiger partial charge is 0.480 e. The molecular weight excluding hydrogens is 608 g/mol. The number of nitrogens with one attached hydrogen (secondary N) is 3. The first kappa shape index (κ1) is 39.2. The van der Waals surface area contributed by atoms with Crippen LogP contribution in [0, 0.1) is 0 Å². The van der Waals surface area contributed by atoms with Crippen LogP contribution < -0.4 is 50.4 Å². The van der Waals surface area contributed by atoms with Crippen LogP contribution >= 0.6 is 12.6 Å². The van der Waals surface area contributed by atoms with Crippen LogP contribution in [0.2, 0.25) is 0 Å². The van der Waals surface area contributed by atoms with E-state index in [-0.39, 0.29) is 56.6 Å². The predicted octanol–water partition coefficient (Wildman–Crippen LogP) is -3.99. The number of carboxylic acid groups (broad SMARTS) is 1. The van der Waals surface area contributed by atoms with Crippen LogP contribution in [-0.4, -0.2) is 114 Å². The molecule has 0 unspecified atom stereocenters. The summed E-state index contributed by atoms with van der Waals surface area (Å²) in [6.07, 6.45) is 3.23. The van der Waals surface area contributed by atoms with Crippen molar-refractivity contribution in [3.8, 4) is 0 Å². The molecule has 1 aliphatic heterocycles. The third-order valence-electron chi connectivity index (χ3n) is 7.08. The quantitative estimate of drug-likeness (QED) is 0.0243. The van der Waals surface area contributed by atoms with E-state index in [0.29, 0.717) is 45.1 Å². The molecule has 0 aromatic heterocycles. The van der Waals surface area contributed by atoms with Gasteiger partial charge in [0.2, 0.25) is 23.6 Å². The van der Waals surface area contributed by atoms with Crippen molar-refractivity contribution >= 4 is 54.1 Å². The van der Waals surface area contributed by atoms with E-state index in [9.17, 15) is 29.1 Å². The van der Waals surface area contributed by atoms with E-state index in [1.807, 2.05) is 0 Å². The molecule has 1 rings (SSSR count). The number of hydrogen-bond donors (Lipinski definition) is 11. The van der Waals surface area contributed by atoms with Gasteiger partial charge in [0.05, 0.1) is 6.04 Å². The SMILES string of the molecule is NCCCC[C@H](NC(=O)[C@@H]1CCCN1C(=O)[C@H](CCCN=C(N)N)NC(=O)[C@H](CS)NC(=O)[C@@H](N)CCCN=C(N)N)C(=O)O. The van der Waals surface area contributed by atoms with Crippen LogP contribution in [-0.2, 0) is 24.0 Å². The number of guanidine groups is 2. The molecule has 0 aromatic carbocycles. The highest BCUT2D eigenvalue weighted by Gasteiger charge is 2.39. The fourth-order valence-corrected chi connectivity index (χ4v) is 4.94. The minimum Gasteiger partial charge on any atom is -0.480 e. The maximum Gasteiger partial charge on any atom is 0.326 e. The van der Waals surface area contributed by atoms with Crippen LogP contribution in [0.25, 0.3) is 0 Å². The third kappa shape index (κ3) is 14.7. The Kier molecular flexibility index (Phi) is 18.3. The van der Waals surface area contributed by atoms with Crippen molar-refractivity contribution in [2.75, 3.05) is 31.9 Å². The monoisotopic (exact) mass is 658 g/mol. The molecule has 45 heavy (non-hydrogen) atoms. The average Bonchev–Trinajstić information content (AvgIpc) is 3.48. The van der Waals surface area contributed by atoms with E-state index in [2.05, 4.69) is 38.6 Å². The molecule has 19 heteroatoms. The molecule has 0 aliphatic carbocycles. The molecule has 0 aromatic rings. The smallest absolute Gasteiger partial charge is 0.326 e. The summed E-state index contributed by atoms with van der Waals surface area (Å²) in [6, 6.07) is -5.23. The lowest BCUT2D eigenvalue weighted by molar-refractivity contribution is -0.145. The number of carbonyl (C=O) groups is 5. The zero-order valence-electron chi connectivity index (χ0n) is 25.5. The fraction of sp³-hybridized carbons (Fsp3) is 0.731. The van der Waals surface area contributed by atoms with E-state index < -0.39 is 59.8 Å². The van der Waals surface area contributed by atoms with Crippen molar-refractivity contribution in [3.63, 3.8) is 0 Å². The van der Waals surface area contributed by atoms with Gasteiger partial charge >= 0.3 is 5.97 Å². The van der Waals surface area contributed by atoms with E-state index in [1.54, 1.807) is 0 Å². The molecule has 256 valence electrons. The first-order valence-electron chi connectivity index (χ1n) is 14.9. The first-order valence-corrected chi connectivity index (χ1v) is 15.6. The van der Waals surface area contributed by atoms with Gasteiger partial charge in [0, 0.05) is 25.4 Å². The fourth-order valence-electron chi connectivity index (χ4n) is 4.68. The lowest BCUT2D eigenvalue weighted by Crippen LogP contribution is -2.58. The average molecular weight is 659 g/mol. The molecule has 1 aliphatic rings. The van der Waals surface area contributed by atoms with Gasteiger partial charge in [0.25, 0.3) is 0 Å². The van der Waals surface area contributed by atoms with Gasteiger partial charge in [-0.05, 0) is 64.3 Å². The lowest BCUT2D eigenvalue weighted by atomic mass is 10.1. The maximum atomic E-state index is 13.8. The Morgan fingerprint density at radius 2 is 1.40 bits per heavy atom. The number of aliphatic carboxylic acids is 1. The van der Waals surface area contributed by atoms with Crippen LogP contribution in [0.1, 0.15) is 57.8 Å². The van der Waals surface area contributed by atoms with Gasteiger partial charge in [-0.25, -0.2) is 4.79 Å². The van der Waals surface area contributed by atoms with Gasteiger partial charge in [-0.3, -0.25) is 29.2 Å². The number of thiol groups is 1. The van der Waals surface area contributed by atoms with Crippen LogP contribution in [0.5, 0.6) is 0 Å². The minimum atomic E-state index is -1.19. The highest BCUT2D eigenvalue weighted by molar-refractivity contribution is 7.80. The van der Waals surface area contributed by atoms with Crippen molar-refractivity contribution in [1.29, 1.82) is 0 Å². The lowest BCUT2D eigenvalue weighted by Gasteiger charge is -2.30. The van der Waals surface area contributed by atoms with Crippen molar-refractivity contribution in [3.05, 3.63) is 0 Å². The van der Waals surface area contributed by atoms with Crippen LogP contribution in [0.4, 0.5) is 0 Å². The topological polar surface area (TPSA) is 326 Å². The number of hydrogen-bond acceptors (Lipinski definition) is 10. The molecule has 5 atom stereocenters. The summed E-state index contributed by atoms with van der Waals surface area (Å²) in [5, 5.41) is 17.3. The standard InChI is InChI=1S/C26H50N12O6S/c27-10-2-1-7-17(24(43)44)36-22(41)19-9-5-13-38(19)23(42)16(8-4-12-34-26(31)32)35-21(40)18(14-45)37-20(39)15(28)6-3-11-33-25(29)30/h15-19,45H,1-14,27-28H2,(H,35,40)(H,36,41)(H,37,39)(H,43,44)(H4,29,30,33)(H4,31,32,34)/t15-,16-,17-,18-,19-/m0/s1. The highest BCUT2D eigenvalue weighted by atomic mass is 32.1. The summed E-state index contributed by atoms with van der Waals surface area (Å²) < 4.78 is 0. The van der Waals surface area contributed by atoms with Gasteiger partial charge in [-0.2, -0.15) is 12.6 Å². The summed E-state index contributed by atoms with van der Waals surface area (Å²) in [6.45, 7) is 1.08. The van der Waals surface area contributed by atoms with Gasteiger partial charge in [-0.1, -0.05) is 0 Å². The molecular formula is C26H50N12O6S. The molecule has 4 amide bonds. The number of nitrogens with zero attached hydrogens (tertiary/aromatic N) is 3. The number of carbonyl (C=O) groups excluding carboxylic acids is 4. The summed E-state index contributed by atoms with van der Waals surface area (Å²) in [7, 11) is 0. The highest BCUT2D eigenvalue weighted by Crippen LogP contribution is 2.20. The number of carboxylic acids is 1. The van der Waals surface area contributed by atoms with Crippen molar-refractivity contribution < 1.29 is 29.1 Å². The number of likely N-dealkylation sites (tertiary alicyclic amines) is 1. The van der Waals surface area contributed by atoms with E-state index in [4.69, 9.17) is 34.4 Å². The summed E-state index contributed by atoms with van der Waals surface area (Å²) in [4.78, 5) is 73.6. The molecule has 0 radical (unpaired) electrons. The number of unbranched alkanes of at least 4 members (excludes halogenated alkanes) is 1. The molecule has 18 nitrogen and oxygen atoms in total. The number of nitrogens with two attached hydrogens (primary N) is 6. The molecule has 1 saturated heterocycles. The van der Waals surface area contributed by atoms with E-state index in [0.717, 1.165) is 0 Å². The van der Waals surface area contributed by atoms with Gasteiger partial charge in [0.15, 0.2) is 11.9 Å². The summed E-state index contributed by atoms with van der Waals surface area (Å²) >= 11 is 4.19. The van der Waals surface area contributed by atoms with Gasteiger partial charge in [0.1, 0.15) is 24.2 Å². The number of aliphatic imine (C=N–C) groups is 2. The normalized spacial score (nSPS) is 16.9. The molecule has 1 heterocycles. The second-order valence-corrected chi connectivity index (χ2v) is 11.0. The molecule has 16 N–H and O–H groups in total. The van der Waals surface area contributed by atoms with Crippen molar-refractivity contribution in [2.45, 2.75) is 88.0 Å². The third-order valence-corrected chi connectivity index (χ3v) is 7.45. The second kappa shape index (κ2) is 21.0. The Morgan fingerprint density at radius 3 is 1.96 bits per heavy atom. The Bertz CT molecular complexity index is 1050. The Labute approximate surface area is 268 Å². The number of rotatable bonds is 21. The molecule has 0 saturated carbocycles. The van der Waals surface area contributed by atoms with Crippen LogP contribution in [0.3, 0.4) is 0 Å². The van der Waals surface area contributed by atoms with Crippen molar-refractivity contribution in [1.82, 2.24) is 20.9 Å². The molecule has 0 spiro atoms. The maximum absolute atomic E-state index is 13.8. The summed E-state index contributed by atoms with van der Waals surface area (Å²) in [5.74, 6) is -3.91. The van der Waals surface area contributed by atoms with Gasteiger partial charge in [-0.15, -0.1) is 0 Å².